The van der Waals surface area contributed by atoms with Gasteiger partial charge in [0.2, 0.25) is 5.91 Å². The van der Waals surface area contributed by atoms with Crippen molar-refractivity contribution in [3.8, 4) is 11.4 Å². The average molecular weight is 468 g/mol. The smallest absolute Gasteiger partial charge is 0.257 e. The largest absolute Gasteiger partial charge is 0.340 e. The summed E-state index contributed by atoms with van der Waals surface area (Å²) in [6.07, 6.45) is 4.29. The van der Waals surface area contributed by atoms with Crippen molar-refractivity contribution in [2.75, 3.05) is 5.32 Å². The first-order valence-corrected chi connectivity index (χ1v) is 11.4. The Morgan fingerprint density at radius 1 is 0.971 bits per heavy atom. The minimum atomic E-state index is -0.988. The molecule has 2 heterocycles. The van der Waals surface area contributed by atoms with Gasteiger partial charge in [-0.25, -0.2) is 8.78 Å². The third-order valence-corrected chi connectivity index (χ3v) is 5.95. The van der Waals surface area contributed by atoms with E-state index in [1.54, 1.807) is 26.0 Å². The lowest BCUT2D eigenvalue weighted by atomic mass is 10.0. The van der Waals surface area contributed by atoms with Gasteiger partial charge in [0.15, 0.2) is 5.82 Å². The number of benzene rings is 2. The second kappa shape index (κ2) is 10.1. The standard InChI is InChI=1S/C25H27F2N5O2/c1-15(2)22(29-24(33)21-18(26)7-6-8-19(21)27)25(34)28-17-12-10-16(11-13-17)23-31-30-20-9-4-3-5-14-32(20)23/h6-8,10-13,15,22H,3-5,9,14H2,1-2H3,(H,28,34)(H,29,33)/t22-/m1/s1. The van der Waals surface area contributed by atoms with Crippen molar-refractivity contribution in [2.24, 2.45) is 5.92 Å². The fourth-order valence-corrected chi connectivity index (χ4v) is 4.08. The number of nitrogens with zero attached hydrogens (tertiary/aromatic N) is 3. The minimum absolute atomic E-state index is 0.315. The first-order chi connectivity index (χ1) is 16.3. The molecule has 0 saturated carbocycles. The molecule has 0 spiro atoms. The zero-order valence-electron chi connectivity index (χ0n) is 19.1. The number of rotatable bonds is 6. The van der Waals surface area contributed by atoms with Crippen LogP contribution in [0, 0.1) is 17.6 Å². The van der Waals surface area contributed by atoms with Crippen molar-refractivity contribution < 1.29 is 18.4 Å². The molecule has 2 aromatic carbocycles. The Kier molecular flexibility index (Phi) is 7.00. The highest BCUT2D eigenvalue weighted by atomic mass is 19.1. The molecule has 0 unspecified atom stereocenters. The molecule has 178 valence electrons. The van der Waals surface area contributed by atoms with Crippen LogP contribution in [0.5, 0.6) is 0 Å². The van der Waals surface area contributed by atoms with Gasteiger partial charge in [0.05, 0.1) is 0 Å². The van der Waals surface area contributed by atoms with E-state index in [0.29, 0.717) is 5.69 Å². The lowest BCUT2D eigenvalue weighted by molar-refractivity contribution is -0.118. The van der Waals surface area contributed by atoms with Crippen LogP contribution in [-0.2, 0) is 17.8 Å². The molecule has 3 aromatic rings. The van der Waals surface area contributed by atoms with Crippen LogP contribution in [0.25, 0.3) is 11.4 Å². The lowest BCUT2D eigenvalue weighted by Gasteiger charge is -2.22. The van der Waals surface area contributed by atoms with Crippen LogP contribution in [0.1, 0.15) is 49.3 Å². The van der Waals surface area contributed by atoms with Crippen LogP contribution in [0.4, 0.5) is 14.5 Å². The number of hydrogen-bond donors (Lipinski definition) is 2. The van der Waals surface area contributed by atoms with Gasteiger partial charge >= 0.3 is 0 Å². The molecule has 2 amide bonds. The number of halogens is 2. The maximum absolute atomic E-state index is 14.0. The van der Waals surface area contributed by atoms with Crippen molar-refractivity contribution in [2.45, 2.75) is 52.1 Å². The summed E-state index contributed by atoms with van der Waals surface area (Å²) < 4.78 is 30.1. The highest BCUT2D eigenvalue weighted by molar-refractivity contribution is 6.01. The van der Waals surface area contributed by atoms with Gasteiger partial charge in [-0.2, -0.15) is 0 Å². The molecule has 4 rings (SSSR count). The molecule has 1 atom stereocenters. The first-order valence-electron chi connectivity index (χ1n) is 11.4. The second-order valence-electron chi connectivity index (χ2n) is 8.76. The lowest BCUT2D eigenvalue weighted by Crippen LogP contribution is -2.47. The normalized spacial score (nSPS) is 14.3. The summed E-state index contributed by atoms with van der Waals surface area (Å²) in [4.78, 5) is 25.4. The molecule has 1 aliphatic heterocycles. The Morgan fingerprint density at radius 2 is 1.68 bits per heavy atom. The number of anilines is 1. The second-order valence-corrected chi connectivity index (χ2v) is 8.76. The number of hydrogen-bond acceptors (Lipinski definition) is 4. The molecule has 0 fully saturated rings. The molecule has 34 heavy (non-hydrogen) atoms. The molecule has 1 aliphatic rings. The summed E-state index contributed by atoms with van der Waals surface area (Å²) >= 11 is 0. The zero-order valence-corrected chi connectivity index (χ0v) is 19.1. The summed E-state index contributed by atoms with van der Waals surface area (Å²) in [7, 11) is 0. The third-order valence-electron chi connectivity index (χ3n) is 5.95. The van der Waals surface area contributed by atoms with Crippen molar-refractivity contribution in [3.05, 3.63) is 65.5 Å². The Hall–Kier alpha value is -3.62. The number of nitrogens with one attached hydrogen (secondary N) is 2. The van der Waals surface area contributed by atoms with Gasteiger partial charge in [-0.15, -0.1) is 10.2 Å². The monoisotopic (exact) mass is 467 g/mol. The number of carbonyl (C=O) groups excluding carboxylic acids is 2. The Morgan fingerprint density at radius 3 is 2.35 bits per heavy atom. The first kappa shape index (κ1) is 23.5. The molecule has 0 bridgehead atoms. The molecular formula is C25H27F2N5O2. The third kappa shape index (κ3) is 4.98. The summed E-state index contributed by atoms with van der Waals surface area (Å²) in [5, 5.41) is 13.9. The average Bonchev–Trinajstić information content (AvgIpc) is 3.05. The summed E-state index contributed by atoms with van der Waals surface area (Å²) in [5.41, 5.74) is 0.710. The fourth-order valence-electron chi connectivity index (χ4n) is 4.08. The van der Waals surface area contributed by atoms with E-state index in [-0.39, 0.29) is 5.92 Å². The molecule has 0 aliphatic carbocycles. The predicted molar refractivity (Wildman–Crippen MR) is 124 cm³/mol. The van der Waals surface area contributed by atoms with E-state index in [0.717, 1.165) is 55.2 Å². The number of fused-ring (bicyclic) bond motifs is 1. The molecule has 1 aromatic heterocycles. The highest BCUT2D eigenvalue weighted by Crippen LogP contribution is 2.24. The Bertz CT molecular complexity index is 1170. The van der Waals surface area contributed by atoms with Crippen molar-refractivity contribution in [3.63, 3.8) is 0 Å². The molecule has 9 heteroatoms. The van der Waals surface area contributed by atoms with Gasteiger partial charge in [0.1, 0.15) is 29.1 Å². The molecule has 0 saturated heterocycles. The van der Waals surface area contributed by atoms with Crippen LogP contribution in [0.3, 0.4) is 0 Å². The number of aryl methyl sites for hydroxylation is 1. The quantitative estimate of drug-likeness (QED) is 0.564. The predicted octanol–water partition coefficient (Wildman–Crippen LogP) is 4.34. The maximum atomic E-state index is 14.0. The van der Waals surface area contributed by atoms with Crippen LogP contribution in [0.15, 0.2) is 42.5 Å². The summed E-state index contributed by atoms with van der Waals surface area (Å²) in [6.45, 7) is 4.36. The fraction of sp³-hybridized carbons (Fsp3) is 0.360. The highest BCUT2D eigenvalue weighted by Gasteiger charge is 2.27. The van der Waals surface area contributed by atoms with Crippen LogP contribution in [0.2, 0.25) is 0 Å². The van der Waals surface area contributed by atoms with E-state index in [4.69, 9.17) is 0 Å². The van der Waals surface area contributed by atoms with E-state index in [2.05, 4.69) is 25.4 Å². The van der Waals surface area contributed by atoms with Crippen LogP contribution < -0.4 is 10.6 Å². The van der Waals surface area contributed by atoms with Crippen molar-refractivity contribution in [1.82, 2.24) is 20.1 Å². The number of amides is 2. The molecule has 0 radical (unpaired) electrons. The van der Waals surface area contributed by atoms with E-state index < -0.39 is 35.1 Å². The number of aromatic nitrogens is 3. The van der Waals surface area contributed by atoms with Gasteiger partial charge in [-0.3, -0.25) is 9.59 Å². The van der Waals surface area contributed by atoms with Gasteiger partial charge in [0, 0.05) is 24.2 Å². The van der Waals surface area contributed by atoms with Gasteiger partial charge in [-0.1, -0.05) is 26.3 Å². The number of carbonyl (C=O) groups is 2. The van der Waals surface area contributed by atoms with E-state index in [1.165, 1.54) is 12.5 Å². The van der Waals surface area contributed by atoms with Crippen LogP contribution in [-0.4, -0.2) is 32.6 Å². The minimum Gasteiger partial charge on any atom is -0.340 e. The molecule has 7 nitrogen and oxygen atoms in total. The van der Waals surface area contributed by atoms with Crippen molar-refractivity contribution >= 4 is 17.5 Å². The SMILES string of the molecule is CC(C)[C@@H](NC(=O)c1c(F)cccc1F)C(=O)Nc1ccc(-c2nnc3n2CCCCC3)cc1. The molecular weight excluding hydrogens is 440 g/mol. The zero-order chi connectivity index (χ0) is 24.2. The van der Waals surface area contributed by atoms with E-state index in [1.807, 2.05) is 12.1 Å². The Balaban J connectivity index is 1.47. The van der Waals surface area contributed by atoms with E-state index in [9.17, 15) is 18.4 Å². The Labute approximate surface area is 196 Å². The maximum Gasteiger partial charge on any atom is 0.257 e. The van der Waals surface area contributed by atoms with E-state index >= 15 is 0 Å². The van der Waals surface area contributed by atoms with Gasteiger partial charge < -0.3 is 15.2 Å². The van der Waals surface area contributed by atoms with Gasteiger partial charge in [0.25, 0.3) is 5.91 Å². The van der Waals surface area contributed by atoms with Crippen molar-refractivity contribution in [1.29, 1.82) is 0 Å². The molecule has 2 N–H and O–H groups in total. The summed E-state index contributed by atoms with van der Waals surface area (Å²) in [6, 6.07) is 9.40. The topological polar surface area (TPSA) is 88.9 Å². The van der Waals surface area contributed by atoms with Gasteiger partial charge in [-0.05, 0) is 55.2 Å². The summed E-state index contributed by atoms with van der Waals surface area (Å²) in [5.74, 6) is -1.95. The van der Waals surface area contributed by atoms with Crippen LogP contribution >= 0.6 is 0 Å².